The predicted molar refractivity (Wildman–Crippen MR) is 46.7 cm³/mol. The molecule has 0 aliphatic carbocycles. The summed E-state index contributed by atoms with van der Waals surface area (Å²) >= 11 is 5.81. The third-order valence-corrected chi connectivity index (χ3v) is 2.40. The van der Waals surface area contributed by atoms with E-state index in [1.54, 1.807) is 0 Å². The average molecular weight is 206 g/mol. The second-order valence-corrected chi connectivity index (χ2v) is 3.50. The van der Waals surface area contributed by atoms with Crippen LogP contribution in [-0.2, 0) is 5.54 Å². The maximum Gasteiger partial charge on any atom is 0.175 e. The molecule has 0 N–H and O–H groups in total. The Labute approximate surface area is 84.8 Å². The van der Waals surface area contributed by atoms with Crippen LogP contribution in [0.25, 0.3) is 0 Å². The molecule has 1 rings (SSSR count). The maximum atomic E-state index is 5.81. The summed E-state index contributed by atoms with van der Waals surface area (Å²) in [7, 11) is 0. The molecule has 1 nitrogen and oxygen atoms in total. The fourth-order valence-corrected chi connectivity index (χ4v) is 1.01. The zero-order valence-electron chi connectivity index (χ0n) is 7.30. The van der Waals surface area contributed by atoms with Crippen LogP contribution in [0, 0.1) is 0 Å². The fourth-order valence-electron chi connectivity index (χ4n) is 0.871. The van der Waals surface area contributed by atoms with E-state index in [-0.39, 0.29) is 17.9 Å². The Kier molecular flexibility index (Phi) is 4.58. The zero-order valence-corrected chi connectivity index (χ0v) is 8.81. The van der Waals surface area contributed by atoms with Crippen molar-refractivity contribution in [3.8, 4) is 0 Å². The molecule has 68 valence electrons. The van der Waals surface area contributed by atoms with E-state index in [0.29, 0.717) is 5.88 Å². The van der Waals surface area contributed by atoms with E-state index < -0.39 is 0 Å². The molecule has 0 saturated carbocycles. The summed E-state index contributed by atoms with van der Waals surface area (Å²) in [5.41, 5.74) is 0.0167. The lowest BCUT2D eigenvalue weighted by atomic mass is 10.1. The molecule has 1 heterocycles. The molecule has 0 aliphatic heterocycles. The van der Waals surface area contributed by atoms with Crippen LogP contribution in [0.5, 0.6) is 0 Å². The van der Waals surface area contributed by atoms with Crippen LogP contribution in [0.1, 0.15) is 13.8 Å². The van der Waals surface area contributed by atoms with Crippen molar-refractivity contribution < 1.29 is 17.0 Å². The first-order valence-corrected chi connectivity index (χ1v) is 4.23. The van der Waals surface area contributed by atoms with Crippen molar-refractivity contribution in [1.29, 1.82) is 0 Å². The minimum Gasteiger partial charge on any atom is -1.00 e. The van der Waals surface area contributed by atoms with Gasteiger partial charge in [-0.1, -0.05) is 6.07 Å². The number of nitrogens with zero attached hydrogens (tertiary/aromatic N) is 1. The first-order valence-electron chi connectivity index (χ1n) is 3.69. The number of rotatable bonds is 2. The molecule has 0 atom stereocenters. The Morgan fingerprint density at radius 3 is 2.08 bits per heavy atom. The molecular weight excluding hydrogens is 193 g/mol. The Bertz CT molecular complexity index is 221. The van der Waals surface area contributed by atoms with E-state index >= 15 is 0 Å². The van der Waals surface area contributed by atoms with Crippen LogP contribution in [0.3, 0.4) is 0 Å². The van der Waals surface area contributed by atoms with Crippen molar-refractivity contribution in [1.82, 2.24) is 0 Å². The third kappa shape index (κ3) is 2.65. The molecule has 0 radical (unpaired) electrons. The molecule has 0 amide bonds. The highest BCUT2D eigenvalue weighted by Gasteiger charge is 2.25. The standard InChI is InChI=1S/C9H13ClN.ClH/c1-9(2,8-10)11-6-4-3-5-7-11;/h3-7H,8H2,1-2H3;1H/q+1;/p-1. The zero-order chi connectivity index (χ0) is 8.32. The first kappa shape index (κ1) is 11.7. The van der Waals surface area contributed by atoms with Crippen molar-refractivity contribution in [2.45, 2.75) is 19.4 Å². The predicted octanol–water partition coefficient (Wildman–Crippen LogP) is -1.05. The van der Waals surface area contributed by atoms with E-state index in [1.165, 1.54) is 0 Å². The molecule has 12 heavy (non-hydrogen) atoms. The van der Waals surface area contributed by atoms with Gasteiger partial charge in [0.05, 0.1) is 5.88 Å². The topological polar surface area (TPSA) is 3.88 Å². The maximum absolute atomic E-state index is 5.81. The highest BCUT2D eigenvalue weighted by molar-refractivity contribution is 6.18. The van der Waals surface area contributed by atoms with Gasteiger partial charge in [0.2, 0.25) is 0 Å². The minimum atomic E-state index is 0. The number of alkyl halides is 1. The average Bonchev–Trinajstić information content (AvgIpc) is 2.06. The molecule has 3 heteroatoms. The van der Waals surface area contributed by atoms with E-state index in [2.05, 4.69) is 18.4 Å². The summed E-state index contributed by atoms with van der Waals surface area (Å²) in [6.45, 7) is 4.22. The van der Waals surface area contributed by atoms with Gasteiger partial charge in [-0.05, 0) is 0 Å². The summed E-state index contributed by atoms with van der Waals surface area (Å²) < 4.78 is 2.11. The molecule has 0 saturated heterocycles. The molecule has 0 bridgehead atoms. The summed E-state index contributed by atoms with van der Waals surface area (Å²) in [6.07, 6.45) is 4.06. The number of hydrogen-bond donors (Lipinski definition) is 0. The lowest BCUT2D eigenvalue weighted by Gasteiger charge is -2.14. The molecule has 1 aromatic rings. The number of halogens is 2. The smallest absolute Gasteiger partial charge is 0.175 e. The Morgan fingerprint density at radius 2 is 1.67 bits per heavy atom. The van der Waals surface area contributed by atoms with Crippen molar-refractivity contribution in [3.63, 3.8) is 0 Å². The summed E-state index contributed by atoms with van der Waals surface area (Å²) in [6, 6.07) is 6.02. The van der Waals surface area contributed by atoms with Crippen molar-refractivity contribution in [2.75, 3.05) is 5.88 Å². The number of aromatic nitrogens is 1. The molecular formula is C9H13Cl2N. The van der Waals surface area contributed by atoms with Gasteiger partial charge in [0.15, 0.2) is 17.9 Å². The van der Waals surface area contributed by atoms with Gasteiger partial charge < -0.3 is 12.4 Å². The van der Waals surface area contributed by atoms with E-state index in [1.807, 2.05) is 30.6 Å². The molecule has 1 aromatic heterocycles. The molecule has 0 spiro atoms. The van der Waals surface area contributed by atoms with Crippen LogP contribution in [-0.4, -0.2) is 5.88 Å². The fraction of sp³-hybridized carbons (Fsp3) is 0.444. The summed E-state index contributed by atoms with van der Waals surface area (Å²) in [5.74, 6) is 0.627. The van der Waals surface area contributed by atoms with Gasteiger partial charge in [0, 0.05) is 26.0 Å². The molecule has 0 aliphatic rings. The van der Waals surface area contributed by atoms with E-state index in [4.69, 9.17) is 11.6 Å². The third-order valence-electron chi connectivity index (χ3n) is 1.74. The second kappa shape index (κ2) is 4.68. The minimum absolute atomic E-state index is 0. The Morgan fingerprint density at radius 1 is 1.17 bits per heavy atom. The Balaban J connectivity index is 0.00000121. The molecule has 0 aromatic carbocycles. The van der Waals surface area contributed by atoms with Gasteiger partial charge in [-0.3, -0.25) is 0 Å². The SMILES string of the molecule is CC(C)(CCl)[n+]1ccccc1.[Cl-]. The van der Waals surface area contributed by atoms with Crippen LogP contribution in [0.4, 0.5) is 0 Å². The largest absolute Gasteiger partial charge is 1.00 e. The van der Waals surface area contributed by atoms with Gasteiger partial charge in [0.25, 0.3) is 0 Å². The van der Waals surface area contributed by atoms with Gasteiger partial charge in [-0.15, -0.1) is 11.6 Å². The van der Waals surface area contributed by atoms with Gasteiger partial charge in [0.1, 0.15) is 0 Å². The van der Waals surface area contributed by atoms with Crippen LogP contribution >= 0.6 is 11.6 Å². The number of pyridine rings is 1. The normalized spacial score (nSPS) is 10.6. The summed E-state index contributed by atoms with van der Waals surface area (Å²) in [4.78, 5) is 0. The van der Waals surface area contributed by atoms with Crippen molar-refractivity contribution in [3.05, 3.63) is 30.6 Å². The quantitative estimate of drug-likeness (QED) is 0.429. The van der Waals surface area contributed by atoms with Crippen LogP contribution in [0.15, 0.2) is 30.6 Å². The Hall–Kier alpha value is -0.270. The lowest BCUT2D eigenvalue weighted by Crippen LogP contribution is -3.00. The van der Waals surface area contributed by atoms with Crippen molar-refractivity contribution in [2.24, 2.45) is 0 Å². The van der Waals surface area contributed by atoms with Crippen LogP contribution in [0.2, 0.25) is 0 Å². The van der Waals surface area contributed by atoms with E-state index in [9.17, 15) is 0 Å². The van der Waals surface area contributed by atoms with Crippen LogP contribution < -0.4 is 17.0 Å². The highest BCUT2D eigenvalue weighted by atomic mass is 35.5. The highest BCUT2D eigenvalue weighted by Crippen LogP contribution is 2.06. The molecule has 0 fully saturated rings. The van der Waals surface area contributed by atoms with E-state index in [0.717, 1.165) is 0 Å². The first-order chi connectivity index (χ1) is 5.17. The second-order valence-electron chi connectivity index (χ2n) is 3.23. The van der Waals surface area contributed by atoms with Gasteiger partial charge >= 0.3 is 0 Å². The van der Waals surface area contributed by atoms with Gasteiger partial charge in [-0.25, -0.2) is 0 Å². The number of hydrogen-bond acceptors (Lipinski definition) is 0. The summed E-state index contributed by atoms with van der Waals surface area (Å²) in [5, 5.41) is 0. The monoisotopic (exact) mass is 205 g/mol. The lowest BCUT2D eigenvalue weighted by molar-refractivity contribution is -0.752. The molecule has 0 unspecified atom stereocenters. The van der Waals surface area contributed by atoms with Gasteiger partial charge in [-0.2, -0.15) is 4.57 Å². The van der Waals surface area contributed by atoms with Crippen molar-refractivity contribution >= 4 is 11.6 Å².